The molecule has 0 atom stereocenters. The smallest absolute Gasteiger partial charge is 0.332 e. The minimum absolute atomic E-state index is 0.0346. The van der Waals surface area contributed by atoms with Crippen LogP contribution in [0.25, 0.3) is 10.2 Å². The van der Waals surface area contributed by atoms with Crippen LogP contribution in [0.5, 0.6) is 0 Å². The Hall–Kier alpha value is -2.09. The second-order valence-corrected chi connectivity index (χ2v) is 9.75. The van der Waals surface area contributed by atoms with Gasteiger partial charge in [0.2, 0.25) is 0 Å². The first-order valence-corrected chi connectivity index (χ1v) is 11.0. The summed E-state index contributed by atoms with van der Waals surface area (Å²) in [6, 6.07) is 6.67. The third-order valence-corrected chi connectivity index (χ3v) is 6.74. The molecule has 0 saturated carbocycles. The molecule has 0 N–H and O–H groups in total. The Morgan fingerprint density at radius 2 is 1.83 bits per heavy atom. The Bertz CT molecular complexity index is 1230. The van der Waals surface area contributed by atoms with Crippen molar-refractivity contribution in [2.24, 2.45) is 0 Å². The van der Waals surface area contributed by atoms with Crippen LogP contribution in [0.15, 0.2) is 33.9 Å². The van der Waals surface area contributed by atoms with Crippen LogP contribution < -0.4 is 11.2 Å². The topological polar surface area (TPSA) is 70.3 Å². The fourth-order valence-corrected chi connectivity index (χ4v) is 4.67. The number of hydrogen-bond donors (Lipinski definition) is 0. The second-order valence-electron chi connectivity index (χ2n) is 7.88. The van der Waals surface area contributed by atoms with Crippen molar-refractivity contribution in [1.82, 2.24) is 9.13 Å². The van der Waals surface area contributed by atoms with Gasteiger partial charge in [-0.2, -0.15) is 0 Å². The molecule has 0 unspecified atom stereocenters. The van der Waals surface area contributed by atoms with Gasteiger partial charge < -0.3 is 4.74 Å². The summed E-state index contributed by atoms with van der Waals surface area (Å²) in [6.07, 6.45) is 0. The van der Waals surface area contributed by atoms with E-state index in [1.807, 2.05) is 20.8 Å². The van der Waals surface area contributed by atoms with Gasteiger partial charge in [0, 0.05) is 14.9 Å². The third kappa shape index (κ3) is 4.48. The van der Waals surface area contributed by atoms with E-state index in [0.29, 0.717) is 25.8 Å². The van der Waals surface area contributed by atoms with E-state index in [0.717, 1.165) is 9.44 Å². The molecular weight excluding hydrogens is 447 g/mol. The molecule has 1 aromatic carbocycles. The molecule has 0 spiro atoms. The molecule has 0 amide bonds. The number of nitrogens with zero attached hydrogens (tertiary/aromatic N) is 2. The minimum atomic E-state index is -0.589. The predicted molar refractivity (Wildman–Crippen MR) is 121 cm³/mol. The molecular formula is C21H22Cl2N2O4S. The Balaban J connectivity index is 2.25. The van der Waals surface area contributed by atoms with E-state index in [-0.39, 0.29) is 25.1 Å². The SMILES string of the molecule is CCOC(=O)Cn1c(=O)n(Cc2ccc(Cl)cc2Cl)c(=O)c2cc(C(C)(C)C)sc21. The molecule has 0 bridgehead atoms. The molecule has 2 heterocycles. The molecule has 2 aromatic heterocycles. The normalized spacial score (nSPS) is 11.8. The molecule has 0 aliphatic carbocycles. The summed E-state index contributed by atoms with van der Waals surface area (Å²) in [6.45, 7) is 7.67. The van der Waals surface area contributed by atoms with Crippen molar-refractivity contribution in [3.05, 3.63) is 65.6 Å². The van der Waals surface area contributed by atoms with E-state index < -0.39 is 17.2 Å². The van der Waals surface area contributed by atoms with Crippen LogP contribution in [-0.4, -0.2) is 21.7 Å². The van der Waals surface area contributed by atoms with Crippen LogP contribution in [-0.2, 0) is 28.0 Å². The molecule has 0 saturated heterocycles. The second kappa shape index (κ2) is 8.57. The Morgan fingerprint density at radius 3 is 2.43 bits per heavy atom. The van der Waals surface area contributed by atoms with E-state index in [9.17, 15) is 14.4 Å². The van der Waals surface area contributed by atoms with Gasteiger partial charge in [0.1, 0.15) is 11.4 Å². The Morgan fingerprint density at radius 1 is 1.13 bits per heavy atom. The lowest BCUT2D eigenvalue weighted by atomic mass is 9.94. The van der Waals surface area contributed by atoms with Gasteiger partial charge in [0.25, 0.3) is 5.56 Å². The van der Waals surface area contributed by atoms with E-state index in [1.54, 1.807) is 31.2 Å². The molecule has 3 rings (SSSR count). The van der Waals surface area contributed by atoms with Crippen molar-refractivity contribution < 1.29 is 9.53 Å². The zero-order chi connectivity index (χ0) is 22.2. The summed E-state index contributed by atoms with van der Waals surface area (Å²) in [5, 5.41) is 1.20. The standard InChI is InChI=1S/C21H22Cl2N2O4S/c1-5-29-17(26)11-25-19-14(9-16(30-19)21(2,3)4)18(27)24(20(25)28)10-12-6-7-13(22)8-15(12)23/h6-9H,5,10-11H2,1-4H3. The number of benzene rings is 1. The van der Waals surface area contributed by atoms with Gasteiger partial charge in [-0.3, -0.25) is 18.7 Å². The van der Waals surface area contributed by atoms with Gasteiger partial charge >= 0.3 is 11.7 Å². The van der Waals surface area contributed by atoms with Crippen LogP contribution in [0.2, 0.25) is 10.0 Å². The zero-order valence-electron chi connectivity index (χ0n) is 17.1. The monoisotopic (exact) mass is 468 g/mol. The number of carbonyl (C=O) groups is 1. The molecule has 160 valence electrons. The minimum Gasteiger partial charge on any atom is -0.465 e. The Labute approximate surface area is 187 Å². The summed E-state index contributed by atoms with van der Waals surface area (Å²) in [5.74, 6) is -0.540. The van der Waals surface area contributed by atoms with Crippen molar-refractivity contribution in [3.8, 4) is 0 Å². The molecule has 0 fully saturated rings. The maximum absolute atomic E-state index is 13.2. The summed E-state index contributed by atoms with van der Waals surface area (Å²) in [4.78, 5) is 40.0. The van der Waals surface area contributed by atoms with E-state index in [1.165, 1.54) is 15.9 Å². The number of fused-ring (bicyclic) bond motifs is 1. The summed E-state index contributed by atoms with van der Waals surface area (Å²) >= 11 is 13.5. The van der Waals surface area contributed by atoms with E-state index in [2.05, 4.69) is 0 Å². The first-order valence-electron chi connectivity index (χ1n) is 9.40. The summed E-state index contributed by atoms with van der Waals surface area (Å²) in [5.41, 5.74) is -0.652. The molecule has 0 radical (unpaired) electrons. The molecule has 6 nitrogen and oxygen atoms in total. The van der Waals surface area contributed by atoms with Gasteiger partial charge in [0.15, 0.2) is 0 Å². The average molecular weight is 469 g/mol. The van der Waals surface area contributed by atoms with Gasteiger partial charge in [-0.05, 0) is 36.1 Å². The Kier molecular flexibility index (Phi) is 6.45. The number of hydrogen-bond acceptors (Lipinski definition) is 5. The van der Waals surface area contributed by atoms with Crippen molar-refractivity contribution in [2.45, 2.75) is 46.2 Å². The van der Waals surface area contributed by atoms with Gasteiger partial charge in [-0.1, -0.05) is 50.0 Å². The number of esters is 1. The predicted octanol–water partition coefficient (Wildman–Crippen LogP) is 4.44. The highest BCUT2D eigenvalue weighted by molar-refractivity contribution is 7.18. The third-order valence-electron chi connectivity index (χ3n) is 4.57. The fourth-order valence-electron chi connectivity index (χ4n) is 3.00. The molecule has 9 heteroatoms. The van der Waals surface area contributed by atoms with Crippen LogP contribution in [0.3, 0.4) is 0 Å². The quantitative estimate of drug-likeness (QED) is 0.518. The highest BCUT2D eigenvalue weighted by Crippen LogP contribution is 2.32. The van der Waals surface area contributed by atoms with Crippen LogP contribution in [0.1, 0.15) is 38.1 Å². The zero-order valence-corrected chi connectivity index (χ0v) is 19.5. The van der Waals surface area contributed by atoms with Crippen molar-refractivity contribution in [3.63, 3.8) is 0 Å². The van der Waals surface area contributed by atoms with Crippen LogP contribution in [0.4, 0.5) is 0 Å². The van der Waals surface area contributed by atoms with E-state index >= 15 is 0 Å². The lowest BCUT2D eigenvalue weighted by molar-refractivity contribution is -0.143. The first-order chi connectivity index (χ1) is 14.0. The number of carbonyl (C=O) groups excluding carboxylic acids is 1. The van der Waals surface area contributed by atoms with Crippen molar-refractivity contribution >= 4 is 50.7 Å². The number of halogens is 2. The number of thiophene rings is 1. The summed E-state index contributed by atoms with van der Waals surface area (Å²) in [7, 11) is 0. The maximum atomic E-state index is 13.2. The van der Waals surface area contributed by atoms with Crippen molar-refractivity contribution in [1.29, 1.82) is 0 Å². The van der Waals surface area contributed by atoms with Crippen LogP contribution in [0, 0.1) is 0 Å². The van der Waals surface area contributed by atoms with E-state index in [4.69, 9.17) is 27.9 Å². The molecule has 0 aliphatic heterocycles. The molecule has 30 heavy (non-hydrogen) atoms. The largest absolute Gasteiger partial charge is 0.465 e. The molecule has 3 aromatic rings. The van der Waals surface area contributed by atoms with Gasteiger partial charge in [-0.25, -0.2) is 4.79 Å². The lowest BCUT2D eigenvalue weighted by Gasteiger charge is -2.15. The maximum Gasteiger partial charge on any atom is 0.332 e. The highest BCUT2D eigenvalue weighted by atomic mass is 35.5. The number of rotatable bonds is 5. The van der Waals surface area contributed by atoms with Gasteiger partial charge in [-0.15, -0.1) is 11.3 Å². The van der Waals surface area contributed by atoms with Gasteiger partial charge in [0.05, 0.1) is 18.5 Å². The number of ether oxygens (including phenoxy) is 1. The summed E-state index contributed by atoms with van der Waals surface area (Å²) < 4.78 is 7.42. The molecule has 0 aliphatic rings. The average Bonchev–Trinajstić information content (AvgIpc) is 3.10. The van der Waals surface area contributed by atoms with Crippen LogP contribution >= 0.6 is 34.5 Å². The lowest BCUT2D eigenvalue weighted by Crippen LogP contribution is -2.41. The first kappa shape index (κ1) is 22.6. The fraction of sp³-hybridized carbons (Fsp3) is 0.381. The number of aromatic nitrogens is 2. The highest BCUT2D eigenvalue weighted by Gasteiger charge is 2.23. The van der Waals surface area contributed by atoms with Crippen molar-refractivity contribution in [2.75, 3.05) is 6.61 Å².